The molecule has 0 radical (unpaired) electrons. The van der Waals surface area contributed by atoms with E-state index in [0.29, 0.717) is 0 Å². The summed E-state index contributed by atoms with van der Waals surface area (Å²) in [7, 11) is 0. The summed E-state index contributed by atoms with van der Waals surface area (Å²) >= 11 is 0. The molecule has 10 heteroatoms. The molecule has 0 bridgehead atoms. The van der Waals surface area contributed by atoms with Gasteiger partial charge in [-0.3, -0.25) is 10.6 Å². The van der Waals surface area contributed by atoms with Gasteiger partial charge in [0.2, 0.25) is 0 Å². The Morgan fingerprint density at radius 1 is 1.11 bits per heavy atom. The highest BCUT2D eigenvalue weighted by molar-refractivity contribution is 5.93. The monoisotopic (exact) mass is 397 g/mol. The molecular weight excluding hydrogens is 379 g/mol. The van der Waals surface area contributed by atoms with Crippen LogP contribution in [0.25, 0.3) is 0 Å². The number of anilines is 1. The number of urea groups is 1. The third-order valence-corrected chi connectivity index (χ3v) is 3.42. The summed E-state index contributed by atoms with van der Waals surface area (Å²) in [5.74, 6) is -2.11. The molecule has 2 rings (SSSR count). The number of rotatable bonds is 6. The van der Waals surface area contributed by atoms with E-state index in [2.05, 4.69) is 15.0 Å². The first-order valence-electron chi connectivity index (χ1n) is 8.18. The van der Waals surface area contributed by atoms with Crippen LogP contribution in [-0.2, 0) is 9.53 Å². The molecule has 7 nitrogen and oxygen atoms in total. The first-order valence-corrected chi connectivity index (χ1v) is 8.18. The van der Waals surface area contributed by atoms with Crippen molar-refractivity contribution in [2.24, 2.45) is 0 Å². The molecule has 1 heterocycles. The van der Waals surface area contributed by atoms with E-state index >= 15 is 0 Å². The zero-order valence-corrected chi connectivity index (χ0v) is 15.0. The number of carbonyl (C=O) groups is 2. The van der Waals surface area contributed by atoms with E-state index in [4.69, 9.17) is 4.74 Å². The molecule has 0 unspecified atom stereocenters. The zero-order chi connectivity index (χ0) is 20.8. The number of amides is 2. The van der Waals surface area contributed by atoms with E-state index in [-0.39, 0.29) is 18.2 Å². The van der Waals surface area contributed by atoms with Crippen molar-refractivity contribution in [3.8, 4) is 5.75 Å². The first kappa shape index (κ1) is 21.0. The molecule has 0 aliphatic carbocycles. The van der Waals surface area contributed by atoms with Gasteiger partial charge < -0.3 is 9.47 Å². The third-order valence-electron chi connectivity index (χ3n) is 3.42. The number of hydrogen-bond donors (Lipinski definition) is 2. The number of nitrogens with one attached hydrogen (secondary N) is 2. The third kappa shape index (κ3) is 4.90. The Labute approximate surface area is 158 Å². The smallest absolute Gasteiger partial charge is 0.460 e. The second-order valence-corrected chi connectivity index (χ2v) is 5.61. The Hall–Kier alpha value is -3.30. The van der Waals surface area contributed by atoms with Gasteiger partial charge in [0.15, 0.2) is 0 Å². The van der Waals surface area contributed by atoms with Crippen molar-refractivity contribution in [1.29, 1.82) is 0 Å². The second kappa shape index (κ2) is 8.59. The van der Waals surface area contributed by atoms with Gasteiger partial charge in [-0.15, -0.1) is 0 Å². The van der Waals surface area contributed by atoms with Gasteiger partial charge in [-0.25, -0.2) is 14.6 Å². The summed E-state index contributed by atoms with van der Waals surface area (Å²) in [6, 6.07) is 8.45. The number of alkyl halides is 3. The molecule has 0 aliphatic heterocycles. The van der Waals surface area contributed by atoms with Gasteiger partial charge in [-0.2, -0.15) is 13.2 Å². The van der Waals surface area contributed by atoms with Crippen LogP contribution >= 0.6 is 0 Å². The van der Waals surface area contributed by atoms with Crippen LogP contribution < -0.4 is 15.4 Å². The molecule has 2 amide bonds. The number of para-hydroxylation sites is 1. The number of nitrogens with zero attached hydrogens (tertiary/aromatic N) is 1. The fourth-order valence-corrected chi connectivity index (χ4v) is 2.11. The van der Waals surface area contributed by atoms with Crippen LogP contribution in [0.4, 0.5) is 23.8 Å². The minimum atomic E-state index is -5.33. The Morgan fingerprint density at radius 2 is 1.79 bits per heavy atom. The number of esters is 1. The van der Waals surface area contributed by atoms with Crippen molar-refractivity contribution >= 4 is 17.8 Å². The lowest BCUT2D eigenvalue weighted by Crippen LogP contribution is -2.69. The molecule has 0 saturated carbocycles. The van der Waals surface area contributed by atoms with Crippen LogP contribution in [0.3, 0.4) is 0 Å². The molecule has 2 N–H and O–H groups in total. The number of aromatic nitrogens is 1. The highest BCUT2D eigenvalue weighted by Gasteiger charge is 2.66. The van der Waals surface area contributed by atoms with Crippen LogP contribution in [0.1, 0.15) is 12.5 Å². The molecule has 0 fully saturated rings. The number of carbonyl (C=O) groups excluding carboxylic acids is 2. The van der Waals surface area contributed by atoms with Crippen molar-refractivity contribution in [2.75, 3.05) is 11.9 Å². The number of pyridine rings is 1. The van der Waals surface area contributed by atoms with Crippen LogP contribution in [0.5, 0.6) is 5.75 Å². The average Bonchev–Trinajstić information content (AvgIpc) is 2.63. The number of hydrogen-bond acceptors (Lipinski definition) is 5. The maximum atomic E-state index is 13.9. The van der Waals surface area contributed by atoms with E-state index in [1.807, 2.05) is 0 Å². The number of halogens is 3. The van der Waals surface area contributed by atoms with E-state index in [1.165, 1.54) is 43.5 Å². The van der Waals surface area contributed by atoms with Gasteiger partial charge in [0.05, 0.1) is 6.61 Å². The topological polar surface area (TPSA) is 89.5 Å². The Kier molecular flexibility index (Phi) is 6.45. The summed E-state index contributed by atoms with van der Waals surface area (Å²) in [6.07, 6.45) is -3.91. The lowest BCUT2D eigenvalue weighted by molar-refractivity contribution is -0.259. The normalized spacial score (nSPS) is 13.2. The number of aryl methyl sites for hydroxylation is 1. The van der Waals surface area contributed by atoms with Crippen molar-refractivity contribution in [1.82, 2.24) is 10.3 Å². The average molecular weight is 397 g/mol. The summed E-state index contributed by atoms with van der Waals surface area (Å²) in [5.41, 5.74) is -2.96. The van der Waals surface area contributed by atoms with Crippen molar-refractivity contribution in [2.45, 2.75) is 25.7 Å². The lowest BCUT2D eigenvalue weighted by atomic mass is 10.2. The summed E-state index contributed by atoms with van der Waals surface area (Å²) < 4.78 is 51.2. The molecule has 28 heavy (non-hydrogen) atoms. The van der Waals surface area contributed by atoms with E-state index < -0.39 is 23.9 Å². The predicted molar refractivity (Wildman–Crippen MR) is 93.6 cm³/mol. The van der Waals surface area contributed by atoms with Gasteiger partial charge >= 0.3 is 23.9 Å². The molecule has 0 spiro atoms. The minimum absolute atomic E-state index is 0.0113. The standard InChI is InChI=1S/C18H18F3N3O4/c1-3-27-15(25)17(18(19,20)21,28-13-7-5-4-6-8-13)24-16(26)23-14-10-9-12(2)11-22-14/h4-11H,3H2,1-2H3,(H2,22,23,24,26)/t17-/m0/s1. The zero-order valence-electron chi connectivity index (χ0n) is 15.0. The molecule has 0 saturated heterocycles. The van der Waals surface area contributed by atoms with Gasteiger partial charge in [0.25, 0.3) is 0 Å². The first-order chi connectivity index (χ1) is 13.2. The minimum Gasteiger partial charge on any atom is -0.461 e. The van der Waals surface area contributed by atoms with E-state index in [1.54, 1.807) is 24.4 Å². The summed E-state index contributed by atoms with van der Waals surface area (Å²) in [4.78, 5) is 28.3. The second-order valence-electron chi connectivity index (χ2n) is 5.61. The largest absolute Gasteiger partial charge is 0.461 e. The summed E-state index contributed by atoms with van der Waals surface area (Å²) in [5, 5.41) is 3.69. The SMILES string of the molecule is CCOC(=O)[C@](NC(=O)Nc1ccc(C)cn1)(Oc1ccccc1)C(F)(F)F. The molecule has 1 aromatic carbocycles. The number of ether oxygens (including phenoxy) is 2. The lowest BCUT2D eigenvalue weighted by Gasteiger charge is -2.33. The highest BCUT2D eigenvalue weighted by Crippen LogP contribution is 2.34. The highest BCUT2D eigenvalue weighted by atomic mass is 19.4. The van der Waals surface area contributed by atoms with E-state index in [9.17, 15) is 22.8 Å². The molecule has 150 valence electrons. The van der Waals surface area contributed by atoms with Crippen molar-refractivity contribution < 1.29 is 32.2 Å². The van der Waals surface area contributed by atoms with Crippen LogP contribution in [0, 0.1) is 6.92 Å². The van der Waals surface area contributed by atoms with Crippen molar-refractivity contribution in [3.63, 3.8) is 0 Å². The molecule has 0 aliphatic rings. The maximum Gasteiger partial charge on any atom is 0.460 e. The fourth-order valence-electron chi connectivity index (χ4n) is 2.11. The van der Waals surface area contributed by atoms with Crippen LogP contribution in [0.15, 0.2) is 48.7 Å². The van der Waals surface area contributed by atoms with Gasteiger partial charge in [-0.05, 0) is 37.6 Å². The predicted octanol–water partition coefficient (Wildman–Crippen LogP) is 3.41. The number of benzene rings is 1. The Bertz CT molecular complexity index is 813. The molecule has 2 aromatic rings. The Morgan fingerprint density at radius 3 is 2.32 bits per heavy atom. The van der Waals surface area contributed by atoms with Crippen LogP contribution in [0.2, 0.25) is 0 Å². The van der Waals surface area contributed by atoms with E-state index in [0.717, 1.165) is 5.56 Å². The quantitative estimate of drug-likeness (QED) is 0.576. The van der Waals surface area contributed by atoms with Gasteiger partial charge in [0, 0.05) is 6.20 Å². The van der Waals surface area contributed by atoms with Crippen molar-refractivity contribution in [3.05, 3.63) is 54.2 Å². The molecular formula is C18H18F3N3O4. The van der Waals surface area contributed by atoms with Crippen LogP contribution in [-0.4, -0.2) is 35.5 Å². The van der Waals surface area contributed by atoms with Gasteiger partial charge in [0.1, 0.15) is 11.6 Å². The fraction of sp³-hybridized carbons (Fsp3) is 0.278. The summed E-state index contributed by atoms with van der Waals surface area (Å²) in [6.45, 7) is 2.73. The van der Waals surface area contributed by atoms with Gasteiger partial charge in [-0.1, -0.05) is 24.3 Å². The molecule has 1 aromatic heterocycles. The Balaban J connectivity index is 2.36. The maximum absolute atomic E-state index is 13.9. The molecule has 1 atom stereocenters.